The Balaban J connectivity index is 2.83. The molecule has 0 unspecified atom stereocenters. The lowest BCUT2D eigenvalue weighted by atomic mass is 10.2. The monoisotopic (exact) mass is 260 g/mol. The summed E-state index contributed by atoms with van der Waals surface area (Å²) in [5.74, 6) is -0.653. The Morgan fingerprint density at radius 3 is 2.65 bits per heavy atom. The molecule has 0 aliphatic carbocycles. The van der Waals surface area contributed by atoms with Crippen LogP contribution in [-0.4, -0.2) is 16.7 Å². The molecule has 1 aromatic heterocycles. The molecule has 0 atom stereocenters. The van der Waals surface area contributed by atoms with E-state index in [0.717, 1.165) is 0 Å². The average Bonchev–Trinajstić information content (AvgIpc) is 2.16. The molecule has 0 aromatic carbocycles. The van der Waals surface area contributed by atoms with E-state index in [1.807, 2.05) is 0 Å². The van der Waals surface area contributed by atoms with Gasteiger partial charge in [0, 0.05) is 5.56 Å². The van der Waals surface area contributed by atoms with Gasteiger partial charge in [-0.15, -0.1) is 0 Å². The van der Waals surface area contributed by atoms with Crippen LogP contribution in [0.3, 0.4) is 0 Å². The number of nitrogens with one attached hydrogen (secondary N) is 1. The molecule has 1 heterocycles. The first kappa shape index (κ1) is 13.7. The lowest BCUT2D eigenvalue weighted by molar-refractivity contribution is 0.0635. The highest BCUT2D eigenvalue weighted by Gasteiger charge is 2.18. The largest absolute Gasteiger partial charge is 0.444 e. The van der Waals surface area contributed by atoms with Gasteiger partial charge in [-0.1, -0.05) is 11.6 Å². The number of aromatic nitrogens is 1. The Morgan fingerprint density at radius 1 is 1.53 bits per heavy atom. The normalized spacial score (nSPS) is 11.2. The van der Waals surface area contributed by atoms with E-state index in [9.17, 15) is 9.18 Å². The van der Waals surface area contributed by atoms with E-state index < -0.39 is 17.5 Å². The first-order valence-electron chi connectivity index (χ1n) is 5.01. The van der Waals surface area contributed by atoms with E-state index in [1.54, 1.807) is 20.8 Å². The predicted octanol–water partition coefficient (Wildman–Crippen LogP) is 3.53. The lowest BCUT2D eigenvalue weighted by Gasteiger charge is -2.20. The van der Waals surface area contributed by atoms with Crippen molar-refractivity contribution in [2.75, 3.05) is 5.32 Å². The second-order valence-corrected chi connectivity index (χ2v) is 4.89. The minimum absolute atomic E-state index is 0.218. The highest BCUT2D eigenvalue weighted by Crippen LogP contribution is 2.22. The SMILES string of the molecule is Cc1c(NC(=O)OC(C)(C)C)cnc(Cl)c1F. The number of hydrogen-bond donors (Lipinski definition) is 1. The quantitative estimate of drug-likeness (QED) is 0.786. The van der Waals surface area contributed by atoms with Gasteiger partial charge in [0.05, 0.1) is 11.9 Å². The number of nitrogens with zero attached hydrogens (tertiary/aromatic N) is 1. The van der Waals surface area contributed by atoms with Gasteiger partial charge in [0.2, 0.25) is 0 Å². The molecule has 1 aromatic rings. The molecule has 0 spiro atoms. The predicted molar refractivity (Wildman–Crippen MR) is 63.8 cm³/mol. The summed E-state index contributed by atoms with van der Waals surface area (Å²) in [5, 5.41) is 2.19. The van der Waals surface area contributed by atoms with Crippen LogP contribution < -0.4 is 5.32 Å². The van der Waals surface area contributed by atoms with Crippen molar-refractivity contribution >= 4 is 23.4 Å². The summed E-state index contributed by atoms with van der Waals surface area (Å²) in [4.78, 5) is 15.1. The van der Waals surface area contributed by atoms with Crippen molar-refractivity contribution in [1.29, 1.82) is 0 Å². The van der Waals surface area contributed by atoms with Crippen molar-refractivity contribution < 1.29 is 13.9 Å². The fourth-order valence-corrected chi connectivity index (χ4v) is 1.28. The summed E-state index contributed by atoms with van der Waals surface area (Å²) in [5.41, 5.74) is -0.159. The van der Waals surface area contributed by atoms with Crippen LogP contribution in [0.5, 0.6) is 0 Å². The maximum atomic E-state index is 13.4. The van der Waals surface area contributed by atoms with E-state index >= 15 is 0 Å². The Labute approximate surface area is 104 Å². The lowest BCUT2D eigenvalue weighted by Crippen LogP contribution is -2.27. The van der Waals surface area contributed by atoms with Crippen molar-refractivity contribution in [2.45, 2.75) is 33.3 Å². The molecule has 6 heteroatoms. The Bertz CT molecular complexity index is 444. The third-order valence-electron chi connectivity index (χ3n) is 1.86. The highest BCUT2D eigenvalue weighted by atomic mass is 35.5. The smallest absolute Gasteiger partial charge is 0.412 e. The van der Waals surface area contributed by atoms with Gasteiger partial charge in [-0.05, 0) is 27.7 Å². The van der Waals surface area contributed by atoms with Crippen molar-refractivity contribution in [3.8, 4) is 0 Å². The summed E-state index contributed by atoms with van der Waals surface area (Å²) >= 11 is 5.50. The van der Waals surface area contributed by atoms with Crippen LogP contribution in [0.2, 0.25) is 5.15 Å². The zero-order chi connectivity index (χ0) is 13.2. The second-order valence-electron chi connectivity index (χ2n) is 4.53. The fourth-order valence-electron chi connectivity index (χ4n) is 1.09. The molecule has 1 N–H and O–H groups in total. The first-order valence-corrected chi connectivity index (χ1v) is 5.39. The summed E-state index contributed by atoms with van der Waals surface area (Å²) in [6, 6.07) is 0. The number of carbonyl (C=O) groups is 1. The average molecular weight is 261 g/mol. The summed E-state index contributed by atoms with van der Waals surface area (Å²) in [6.45, 7) is 6.70. The summed E-state index contributed by atoms with van der Waals surface area (Å²) in [6.07, 6.45) is 0.620. The number of rotatable bonds is 1. The van der Waals surface area contributed by atoms with Gasteiger partial charge in [-0.3, -0.25) is 5.32 Å². The number of anilines is 1. The van der Waals surface area contributed by atoms with Crippen molar-refractivity contribution in [2.24, 2.45) is 0 Å². The summed E-state index contributed by atoms with van der Waals surface area (Å²) in [7, 11) is 0. The second kappa shape index (κ2) is 4.87. The molecule has 0 aliphatic heterocycles. The Morgan fingerprint density at radius 2 is 2.12 bits per heavy atom. The zero-order valence-corrected chi connectivity index (χ0v) is 10.9. The molecule has 0 saturated heterocycles. The molecule has 17 heavy (non-hydrogen) atoms. The molecule has 4 nitrogen and oxygen atoms in total. The van der Waals surface area contributed by atoms with E-state index in [4.69, 9.17) is 16.3 Å². The van der Waals surface area contributed by atoms with Crippen LogP contribution in [0.4, 0.5) is 14.9 Å². The van der Waals surface area contributed by atoms with E-state index in [-0.39, 0.29) is 16.4 Å². The van der Waals surface area contributed by atoms with Gasteiger partial charge in [0.15, 0.2) is 11.0 Å². The minimum Gasteiger partial charge on any atom is -0.444 e. The minimum atomic E-state index is -0.663. The number of carbonyl (C=O) groups excluding carboxylic acids is 1. The van der Waals surface area contributed by atoms with E-state index in [2.05, 4.69) is 10.3 Å². The molecule has 0 radical (unpaired) electrons. The molecule has 0 fully saturated rings. The van der Waals surface area contributed by atoms with Crippen LogP contribution in [0.1, 0.15) is 26.3 Å². The maximum absolute atomic E-state index is 13.4. The van der Waals surface area contributed by atoms with Crippen molar-refractivity contribution in [1.82, 2.24) is 4.98 Å². The van der Waals surface area contributed by atoms with E-state index in [1.165, 1.54) is 13.1 Å². The summed E-state index contributed by atoms with van der Waals surface area (Å²) < 4.78 is 18.4. The molecule has 1 rings (SSSR count). The zero-order valence-electron chi connectivity index (χ0n) is 10.1. The van der Waals surface area contributed by atoms with Crippen LogP contribution in [0.25, 0.3) is 0 Å². The number of hydrogen-bond acceptors (Lipinski definition) is 3. The molecule has 0 saturated carbocycles. The van der Waals surface area contributed by atoms with Gasteiger partial charge < -0.3 is 4.74 Å². The fraction of sp³-hybridized carbons (Fsp3) is 0.455. The van der Waals surface area contributed by atoms with Crippen molar-refractivity contribution in [3.63, 3.8) is 0 Å². The number of ether oxygens (including phenoxy) is 1. The van der Waals surface area contributed by atoms with Gasteiger partial charge in [-0.25, -0.2) is 14.2 Å². The number of amides is 1. The van der Waals surface area contributed by atoms with Crippen LogP contribution in [0.15, 0.2) is 6.20 Å². The molecule has 94 valence electrons. The van der Waals surface area contributed by atoms with Crippen LogP contribution in [0, 0.1) is 12.7 Å². The van der Waals surface area contributed by atoms with Crippen molar-refractivity contribution in [3.05, 3.63) is 22.7 Å². The third kappa shape index (κ3) is 3.85. The van der Waals surface area contributed by atoms with Crippen LogP contribution >= 0.6 is 11.6 Å². The molecule has 0 aliphatic rings. The molecule has 1 amide bonds. The van der Waals surface area contributed by atoms with Gasteiger partial charge in [-0.2, -0.15) is 0 Å². The highest BCUT2D eigenvalue weighted by molar-refractivity contribution is 6.29. The Kier molecular flexibility index (Phi) is 3.93. The van der Waals surface area contributed by atoms with Gasteiger partial charge in [0.1, 0.15) is 5.60 Å². The molecular weight excluding hydrogens is 247 g/mol. The topological polar surface area (TPSA) is 51.2 Å². The maximum Gasteiger partial charge on any atom is 0.412 e. The van der Waals surface area contributed by atoms with Crippen LogP contribution in [-0.2, 0) is 4.74 Å². The number of halogens is 2. The first-order chi connectivity index (χ1) is 7.70. The molecule has 0 bridgehead atoms. The Hall–Kier alpha value is -1.36. The molecular formula is C11H14ClFN2O2. The number of pyridine rings is 1. The standard InChI is InChI=1S/C11H14ClFN2O2/c1-6-7(5-14-9(12)8(6)13)15-10(16)17-11(2,3)4/h5H,1-4H3,(H,15,16). The third-order valence-corrected chi connectivity index (χ3v) is 2.12. The van der Waals surface area contributed by atoms with E-state index in [0.29, 0.717) is 0 Å². The van der Waals surface area contributed by atoms with Gasteiger partial charge in [0.25, 0.3) is 0 Å². The van der Waals surface area contributed by atoms with Gasteiger partial charge >= 0.3 is 6.09 Å².